The predicted molar refractivity (Wildman–Crippen MR) is 83.0 cm³/mol. The van der Waals surface area contributed by atoms with Gasteiger partial charge in [0.2, 0.25) is 0 Å². The smallest absolute Gasteiger partial charge is 0.310 e. The molecule has 1 aromatic rings. The lowest BCUT2D eigenvalue weighted by Crippen LogP contribution is -2.32. The minimum atomic E-state index is -1.07. The van der Waals surface area contributed by atoms with Crippen LogP contribution < -0.4 is 0 Å². The Bertz CT molecular complexity index is 449. The van der Waals surface area contributed by atoms with Crippen LogP contribution in [-0.2, 0) is 26.8 Å². The van der Waals surface area contributed by atoms with Gasteiger partial charge in [-0.1, -0.05) is 30.3 Å². The summed E-state index contributed by atoms with van der Waals surface area (Å²) < 4.78 is 17.1. The molecule has 0 aliphatic heterocycles. The second-order valence-electron chi connectivity index (χ2n) is 5.76. The van der Waals surface area contributed by atoms with Gasteiger partial charge in [0, 0.05) is 21.3 Å². The molecule has 0 radical (unpaired) electrons. The maximum atomic E-state index is 12.3. The third kappa shape index (κ3) is 5.45. The lowest BCUT2D eigenvalue weighted by molar-refractivity contribution is -0.147. The fourth-order valence-corrected chi connectivity index (χ4v) is 2.92. The van der Waals surface area contributed by atoms with Gasteiger partial charge in [-0.3, -0.25) is 9.00 Å². The van der Waals surface area contributed by atoms with Crippen LogP contribution in [0, 0.1) is 5.92 Å². The SMILES string of the molecule is CCOC(=O)[C@@H](Cc1ccccc1)C[S@](=O)C(C)(C)C. The molecule has 0 aliphatic carbocycles. The van der Waals surface area contributed by atoms with Crippen molar-refractivity contribution >= 4 is 16.8 Å². The molecule has 0 spiro atoms. The van der Waals surface area contributed by atoms with Crippen molar-refractivity contribution in [3.8, 4) is 0 Å². The van der Waals surface area contributed by atoms with Crippen molar-refractivity contribution in [2.75, 3.05) is 12.4 Å². The van der Waals surface area contributed by atoms with E-state index in [1.54, 1.807) is 6.92 Å². The van der Waals surface area contributed by atoms with Gasteiger partial charge in [-0.2, -0.15) is 0 Å². The highest BCUT2D eigenvalue weighted by Gasteiger charge is 2.28. The highest BCUT2D eigenvalue weighted by Crippen LogP contribution is 2.18. The van der Waals surface area contributed by atoms with Crippen molar-refractivity contribution in [3.05, 3.63) is 35.9 Å². The molecule has 0 saturated heterocycles. The summed E-state index contributed by atoms with van der Waals surface area (Å²) in [6.07, 6.45) is 0.571. The third-order valence-corrected chi connectivity index (χ3v) is 5.05. The molecular weight excluding hydrogens is 272 g/mol. The van der Waals surface area contributed by atoms with Gasteiger partial charge in [-0.25, -0.2) is 0 Å². The maximum Gasteiger partial charge on any atom is 0.310 e. The molecule has 112 valence electrons. The van der Waals surface area contributed by atoms with E-state index in [2.05, 4.69) is 0 Å². The Morgan fingerprint density at radius 3 is 2.35 bits per heavy atom. The average Bonchev–Trinajstić information content (AvgIpc) is 2.38. The van der Waals surface area contributed by atoms with Crippen LogP contribution in [0.2, 0.25) is 0 Å². The van der Waals surface area contributed by atoms with Crippen LogP contribution in [0.4, 0.5) is 0 Å². The first kappa shape index (κ1) is 16.9. The number of benzene rings is 1. The molecule has 0 unspecified atom stereocenters. The Labute approximate surface area is 124 Å². The molecule has 0 fully saturated rings. The van der Waals surface area contributed by atoms with Crippen molar-refractivity contribution in [3.63, 3.8) is 0 Å². The molecule has 2 atom stereocenters. The van der Waals surface area contributed by atoms with E-state index in [1.807, 2.05) is 51.1 Å². The molecule has 0 bridgehead atoms. The number of carbonyl (C=O) groups excluding carboxylic acids is 1. The summed E-state index contributed by atoms with van der Waals surface area (Å²) in [7, 11) is -1.07. The van der Waals surface area contributed by atoms with Crippen LogP contribution in [0.15, 0.2) is 30.3 Å². The van der Waals surface area contributed by atoms with E-state index >= 15 is 0 Å². The molecule has 0 N–H and O–H groups in total. The van der Waals surface area contributed by atoms with Crippen molar-refractivity contribution in [1.29, 1.82) is 0 Å². The van der Waals surface area contributed by atoms with Crippen molar-refractivity contribution < 1.29 is 13.7 Å². The molecule has 0 aliphatic rings. The second kappa shape index (κ2) is 7.58. The first-order valence-corrected chi connectivity index (χ1v) is 8.25. The number of carbonyl (C=O) groups is 1. The molecule has 0 heterocycles. The number of hydrogen-bond donors (Lipinski definition) is 0. The van der Waals surface area contributed by atoms with E-state index < -0.39 is 10.8 Å². The van der Waals surface area contributed by atoms with Crippen LogP contribution in [0.25, 0.3) is 0 Å². The average molecular weight is 296 g/mol. The number of rotatable bonds is 6. The minimum Gasteiger partial charge on any atom is -0.466 e. The fourth-order valence-electron chi connectivity index (χ4n) is 1.80. The molecule has 1 rings (SSSR count). The highest BCUT2D eigenvalue weighted by atomic mass is 32.2. The van der Waals surface area contributed by atoms with Crippen LogP contribution >= 0.6 is 0 Å². The minimum absolute atomic E-state index is 0.256. The molecule has 0 aromatic heterocycles. The zero-order valence-electron chi connectivity index (χ0n) is 12.7. The molecule has 0 amide bonds. The lowest BCUT2D eigenvalue weighted by atomic mass is 10.0. The second-order valence-corrected chi connectivity index (χ2v) is 8.01. The molecule has 1 aromatic carbocycles. The summed E-state index contributed by atoms with van der Waals surface area (Å²) in [5.41, 5.74) is 1.07. The summed E-state index contributed by atoms with van der Waals surface area (Å²) in [6.45, 7) is 7.92. The molecule has 3 nitrogen and oxygen atoms in total. The molecule has 4 heteroatoms. The molecule has 20 heavy (non-hydrogen) atoms. The molecular formula is C16H24O3S. The largest absolute Gasteiger partial charge is 0.466 e. The third-order valence-electron chi connectivity index (χ3n) is 2.98. The van der Waals surface area contributed by atoms with Gasteiger partial charge in [0.1, 0.15) is 0 Å². The van der Waals surface area contributed by atoms with Gasteiger partial charge in [-0.15, -0.1) is 0 Å². The monoisotopic (exact) mass is 296 g/mol. The molecule has 0 saturated carbocycles. The van der Waals surface area contributed by atoms with Crippen LogP contribution in [0.3, 0.4) is 0 Å². The predicted octanol–water partition coefficient (Wildman–Crippen LogP) is 2.96. The van der Waals surface area contributed by atoms with Gasteiger partial charge < -0.3 is 4.74 Å². The summed E-state index contributed by atoms with van der Waals surface area (Å²) in [6, 6.07) is 9.78. The zero-order chi connectivity index (χ0) is 15.2. The fraction of sp³-hybridized carbons (Fsp3) is 0.562. The number of hydrogen-bond acceptors (Lipinski definition) is 3. The summed E-state index contributed by atoms with van der Waals surface area (Å²) in [5.74, 6) is -0.261. The lowest BCUT2D eigenvalue weighted by Gasteiger charge is -2.22. The Balaban J connectivity index is 2.81. The first-order valence-electron chi connectivity index (χ1n) is 6.93. The summed E-state index contributed by atoms with van der Waals surface area (Å²) in [5, 5.41) is 0. The van der Waals surface area contributed by atoms with Gasteiger partial charge in [0.15, 0.2) is 0 Å². The van der Waals surface area contributed by atoms with Gasteiger partial charge in [-0.05, 0) is 39.7 Å². The van der Waals surface area contributed by atoms with Crippen molar-refractivity contribution in [1.82, 2.24) is 0 Å². The number of esters is 1. The van der Waals surface area contributed by atoms with E-state index in [0.717, 1.165) is 5.56 Å². The maximum absolute atomic E-state index is 12.3. The standard InChI is InChI=1S/C16H24O3S/c1-5-19-15(17)14(12-20(18)16(2,3)4)11-13-9-7-6-8-10-13/h6-10,14H,5,11-12H2,1-4H3/t14-,20-/m0/s1. The number of ether oxygens (including phenoxy) is 1. The summed E-state index contributed by atoms with van der Waals surface area (Å²) in [4.78, 5) is 12.1. The van der Waals surface area contributed by atoms with Gasteiger partial charge in [0.05, 0.1) is 12.5 Å². The van der Waals surface area contributed by atoms with E-state index in [1.165, 1.54) is 0 Å². The Hall–Kier alpha value is -1.16. The highest BCUT2D eigenvalue weighted by molar-refractivity contribution is 7.86. The Morgan fingerprint density at radius 2 is 1.85 bits per heavy atom. The van der Waals surface area contributed by atoms with Crippen LogP contribution in [0.1, 0.15) is 33.3 Å². The van der Waals surface area contributed by atoms with E-state index in [0.29, 0.717) is 18.8 Å². The summed E-state index contributed by atoms with van der Waals surface area (Å²) >= 11 is 0. The van der Waals surface area contributed by atoms with Crippen molar-refractivity contribution in [2.24, 2.45) is 5.92 Å². The van der Waals surface area contributed by atoms with Crippen LogP contribution in [0.5, 0.6) is 0 Å². The quantitative estimate of drug-likeness (QED) is 0.758. The van der Waals surface area contributed by atoms with Gasteiger partial charge >= 0.3 is 5.97 Å². The zero-order valence-corrected chi connectivity index (χ0v) is 13.5. The normalized spacial score (nSPS) is 14.6. The van der Waals surface area contributed by atoms with Crippen LogP contribution in [-0.4, -0.2) is 27.3 Å². The van der Waals surface area contributed by atoms with E-state index in [4.69, 9.17) is 4.74 Å². The Kier molecular flexibility index (Phi) is 6.40. The van der Waals surface area contributed by atoms with Gasteiger partial charge in [0.25, 0.3) is 0 Å². The topological polar surface area (TPSA) is 43.4 Å². The van der Waals surface area contributed by atoms with E-state index in [9.17, 15) is 9.00 Å². The van der Waals surface area contributed by atoms with E-state index in [-0.39, 0.29) is 16.6 Å². The van der Waals surface area contributed by atoms with Crippen molar-refractivity contribution in [2.45, 2.75) is 38.9 Å². The Morgan fingerprint density at radius 1 is 1.25 bits per heavy atom. The first-order chi connectivity index (χ1) is 9.34.